The van der Waals surface area contributed by atoms with Gasteiger partial charge in [0, 0.05) is 14.1 Å². The summed E-state index contributed by atoms with van der Waals surface area (Å²) in [6, 6.07) is -0.0774. The molecule has 1 heterocycles. The number of aliphatic carboxylic acids is 1. The second-order valence-electron chi connectivity index (χ2n) is 4.17. The van der Waals surface area contributed by atoms with E-state index in [2.05, 4.69) is 0 Å². The van der Waals surface area contributed by atoms with Gasteiger partial charge in [0.25, 0.3) is 0 Å². The standard InChI is InChI=1S/C9H16N2O4/c1-9(15-4-7(12)13)5-11(6-9)8(14)10(2)3/h4-6H2,1-3H3,(H,12,13). The molecule has 1 saturated heterocycles. The number of hydrogen-bond acceptors (Lipinski definition) is 3. The molecule has 1 rings (SSSR count). The molecule has 0 atom stereocenters. The van der Waals surface area contributed by atoms with Gasteiger partial charge in [-0.25, -0.2) is 9.59 Å². The van der Waals surface area contributed by atoms with E-state index in [9.17, 15) is 9.59 Å². The average molecular weight is 216 g/mol. The molecule has 1 aliphatic heterocycles. The van der Waals surface area contributed by atoms with Gasteiger partial charge in [-0.15, -0.1) is 0 Å². The van der Waals surface area contributed by atoms with Gasteiger partial charge < -0.3 is 19.6 Å². The molecule has 0 radical (unpaired) electrons. The summed E-state index contributed by atoms with van der Waals surface area (Å²) in [5, 5.41) is 8.45. The molecule has 1 fully saturated rings. The maximum absolute atomic E-state index is 11.4. The second kappa shape index (κ2) is 4.06. The quantitative estimate of drug-likeness (QED) is 0.712. The lowest BCUT2D eigenvalue weighted by Crippen LogP contribution is -2.65. The summed E-state index contributed by atoms with van der Waals surface area (Å²) >= 11 is 0. The first-order valence-corrected chi connectivity index (χ1v) is 4.66. The Bertz CT molecular complexity index is 271. The van der Waals surface area contributed by atoms with Gasteiger partial charge in [-0.1, -0.05) is 0 Å². The number of carboxylic acid groups (broad SMARTS) is 1. The third kappa shape index (κ3) is 2.82. The Morgan fingerprint density at radius 3 is 2.40 bits per heavy atom. The first-order chi connectivity index (χ1) is 6.84. The van der Waals surface area contributed by atoms with Crippen LogP contribution < -0.4 is 0 Å². The highest BCUT2D eigenvalue weighted by Gasteiger charge is 2.43. The molecule has 6 nitrogen and oxygen atoms in total. The summed E-state index contributed by atoms with van der Waals surface area (Å²) < 4.78 is 5.18. The Morgan fingerprint density at radius 2 is 2.00 bits per heavy atom. The lowest BCUT2D eigenvalue weighted by atomic mass is 9.97. The summed E-state index contributed by atoms with van der Waals surface area (Å²) in [5.41, 5.74) is -0.510. The lowest BCUT2D eigenvalue weighted by molar-refractivity contribution is -0.160. The van der Waals surface area contributed by atoms with E-state index in [-0.39, 0.29) is 12.6 Å². The van der Waals surface area contributed by atoms with E-state index in [0.717, 1.165) is 0 Å². The lowest BCUT2D eigenvalue weighted by Gasteiger charge is -2.47. The Balaban J connectivity index is 2.34. The van der Waals surface area contributed by atoms with Gasteiger partial charge in [-0.05, 0) is 6.92 Å². The van der Waals surface area contributed by atoms with Crippen LogP contribution in [0.5, 0.6) is 0 Å². The van der Waals surface area contributed by atoms with Gasteiger partial charge in [0.1, 0.15) is 12.2 Å². The van der Waals surface area contributed by atoms with Gasteiger partial charge in [0.2, 0.25) is 0 Å². The minimum absolute atomic E-state index is 0.0774. The Labute approximate surface area is 88.4 Å². The molecule has 0 aromatic heterocycles. The Hall–Kier alpha value is -1.30. The van der Waals surface area contributed by atoms with Crippen molar-refractivity contribution in [3.8, 4) is 0 Å². The van der Waals surface area contributed by atoms with Gasteiger partial charge in [0.05, 0.1) is 13.1 Å². The molecular weight excluding hydrogens is 200 g/mol. The number of carboxylic acids is 1. The molecule has 1 N–H and O–H groups in total. The molecule has 2 amide bonds. The molecule has 1 aliphatic rings. The van der Waals surface area contributed by atoms with E-state index in [0.29, 0.717) is 13.1 Å². The van der Waals surface area contributed by atoms with E-state index in [1.165, 1.54) is 4.90 Å². The number of amides is 2. The van der Waals surface area contributed by atoms with Crippen LogP contribution in [0.1, 0.15) is 6.92 Å². The zero-order chi connectivity index (χ0) is 11.6. The molecular formula is C9H16N2O4. The Kier molecular flexibility index (Phi) is 3.18. The minimum Gasteiger partial charge on any atom is -0.480 e. The van der Waals surface area contributed by atoms with Gasteiger partial charge in [-0.2, -0.15) is 0 Å². The highest BCUT2D eigenvalue weighted by atomic mass is 16.5. The molecule has 6 heteroatoms. The SMILES string of the molecule is CN(C)C(=O)N1CC(C)(OCC(=O)O)C1. The van der Waals surface area contributed by atoms with Crippen LogP contribution in [0.4, 0.5) is 4.79 Å². The zero-order valence-electron chi connectivity index (χ0n) is 9.19. The summed E-state index contributed by atoms with van der Waals surface area (Å²) in [4.78, 5) is 24.8. The normalized spacial score (nSPS) is 18.2. The molecule has 0 spiro atoms. The molecule has 0 saturated carbocycles. The fourth-order valence-corrected chi connectivity index (χ4v) is 1.51. The fraction of sp³-hybridized carbons (Fsp3) is 0.778. The monoisotopic (exact) mass is 216 g/mol. The highest BCUT2D eigenvalue weighted by molar-refractivity contribution is 5.75. The highest BCUT2D eigenvalue weighted by Crippen LogP contribution is 2.25. The third-order valence-electron chi connectivity index (χ3n) is 2.25. The average Bonchev–Trinajstić information content (AvgIpc) is 2.08. The van der Waals surface area contributed by atoms with Crippen molar-refractivity contribution >= 4 is 12.0 Å². The van der Waals surface area contributed by atoms with Crippen LogP contribution in [-0.4, -0.2) is 66.3 Å². The van der Waals surface area contributed by atoms with Crippen molar-refractivity contribution in [1.29, 1.82) is 0 Å². The summed E-state index contributed by atoms with van der Waals surface area (Å²) in [5.74, 6) is -0.992. The zero-order valence-corrected chi connectivity index (χ0v) is 9.19. The van der Waals surface area contributed by atoms with Crippen molar-refractivity contribution < 1.29 is 19.4 Å². The van der Waals surface area contributed by atoms with Crippen LogP contribution in [0.2, 0.25) is 0 Å². The summed E-state index contributed by atoms with van der Waals surface area (Å²) in [7, 11) is 3.35. The second-order valence-corrected chi connectivity index (χ2v) is 4.17. The Morgan fingerprint density at radius 1 is 1.47 bits per heavy atom. The van der Waals surface area contributed by atoms with Crippen LogP contribution in [0, 0.1) is 0 Å². The molecule has 0 bridgehead atoms. The van der Waals surface area contributed by atoms with E-state index < -0.39 is 11.6 Å². The predicted molar refractivity (Wildman–Crippen MR) is 52.6 cm³/mol. The number of nitrogens with zero attached hydrogens (tertiary/aromatic N) is 2. The number of rotatable bonds is 3. The predicted octanol–water partition coefficient (Wildman–Crippen LogP) is -0.156. The summed E-state index contributed by atoms with van der Waals surface area (Å²) in [6.07, 6.45) is 0. The van der Waals surface area contributed by atoms with Crippen LogP contribution in [-0.2, 0) is 9.53 Å². The topological polar surface area (TPSA) is 70.1 Å². The molecule has 0 aliphatic carbocycles. The van der Waals surface area contributed by atoms with Crippen LogP contribution in [0.25, 0.3) is 0 Å². The van der Waals surface area contributed by atoms with E-state index in [1.807, 2.05) is 0 Å². The maximum Gasteiger partial charge on any atom is 0.329 e. The summed E-state index contributed by atoms with van der Waals surface area (Å²) in [6.45, 7) is 2.37. The molecule has 0 aromatic carbocycles. The molecule has 0 unspecified atom stereocenters. The number of urea groups is 1. The first kappa shape index (κ1) is 11.8. The van der Waals surface area contributed by atoms with Crippen molar-refractivity contribution in [2.24, 2.45) is 0 Å². The minimum atomic E-state index is -0.992. The van der Waals surface area contributed by atoms with Crippen LogP contribution >= 0.6 is 0 Å². The smallest absolute Gasteiger partial charge is 0.329 e. The number of carbonyl (C=O) groups is 2. The number of carbonyl (C=O) groups excluding carboxylic acids is 1. The van der Waals surface area contributed by atoms with E-state index in [1.54, 1.807) is 25.9 Å². The van der Waals surface area contributed by atoms with E-state index in [4.69, 9.17) is 9.84 Å². The first-order valence-electron chi connectivity index (χ1n) is 4.66. The van der Waals surface area contributed by atoms with Crippen molar-refractivity contribution in [1.82, 2.24) is 9.80 Å². The van der Waals surface area contributed by atoms with Crippen molar-refractivity contribution in [3.05, 3.63) is 0 Å². The largest absolute Gasteiger partial charge is 0.480 e. The van der Waals surface area contributed by atoms with Gasteiger partial charge >= 0.3 is 12.0 Å². The third-order valence-corrected chi connectivity index (χ3v) is 2.25. The maximum atomic E-state index is 11.4. The van der Waals surface area contributed by atoms with Gasteiger partial charge in [-0.3, -0.25) is 0 Å². The van der Waals surface area contributed by atoms with E-state index >= 15 is 0 Å². The van der Waals surface area contributed by atoms with Crippen LogP contribution in [0.3, 0.4) is 0 Å². The van der Waals surface area contributed by atoms with Crippen molar-refractivity contribution in [3.63, 3.8) is 0 Å². The van der Waals surface area contributed by atoms with Crippen molar-refractivity contribution in [2.75, 3.05) is 33.8 Å². The number of likely N-dealkylation sites (tertiary alicyclic amines) is 1. The number of ether oxygens (including phenoxy) is 1. The van der Waals surface area contributed by atoms with Crippen LogP contribution in [0.15, 0.2) is 0 Å². The molecule has 0 aromatic rings. The number of hydrogen-bond donors (Lipinski definition) is 1. The van der Waals surface area contributed by atoms with Crippen molar-refractivity contribution in [2.45, 2.75) is 12.5 Å². The fourth-order valence-electron chi connectivity index (χ4n) is 1.51. The molecule has 86 valence electrons. The molecule has 15 heavy (non-hydrogen) atoms. The van der Waals surface area contributed by atoms with Gasteiger partial charge in [0.15, 0.2) is 0 Å².